The van der Waals surface area contributed by atoms with Crippen molar-refractivity contribution in [2.45, 2.75) is 66.4 Å². The molecular formula is C28H44N2O8. The van der Waals surface area contributed by atoms with Gasteiger partial charge in [0.2, 0.25) is 6.79 Å². The largest absolute Gasteiger partial charge is 0.493 e. The van der Waals surface area contributed by atoms with Gasteiger partial charge in [0.15, 0.2) is 17.2 Å². The Hall–Kier alpha value is -3.66. The lowest BCUT2D eigenvalue weighted by Crippen LogP contribution is -2.17. The summed E-state index contributed by atoms with van der Waals surface area (Å²) in [6.45, 7) is 10.4. The quantitative estimate of drug-likeness (QED) is 0.216. The van der Waals surface area contributed by atoms with E-state index in [0.29, 0.717) is 13.0 Å². The number of aromatic nitrogens is 1. The molecule has 0 bridgehead atoms. The molecule has 0 unspecified atom stereocenters. The molecule has 10 heteroatoms. The number of benzene rings is 1. The summed E-state index contributed by atoms with van der Waals surface area (Å²) < 4.78 is 25.1. The van der Waals surface area contributed by atoms with Crippen LogP contribution in [0.15, 0.2) is 42.6 Å². The monoisotopic (exact) mass is 536 g/mol. The topological polar surface area (TPSA) is 136 Å². The average Bonchev–Trinajstić information content (AvgIpc) is 2.87. The highest BCUT2D eigenvalue weighted by Gasteiger charge is 2.16. The molecule has 0 radical (unpaired) electrons. The maximum atomic E-state index is 11.1. The van der Waals surface area contributed by atoms with Gasteiger partial charge in [-0.1, -0.05) is 49.7 Å². The van der Waals surface area contributed by atoms with Crippen LogP contribution in [-0.4, -0.2) is 56.1 Å². The van der Waals surface area contributed by atoms with Crippen LogP contribution in [0.4, 0.5) is 0 Å². The highest BCUT2D eigenvalue weighted by Crippen LogP contribution is 2.29. The molecule has 0 aliphatic heterocycles. The van der Waals surface area contributed by atoms with Crippen LogP contribution in [0.3, 0.4) is 0 Å². The third-order valence-electron chi connectivity index (χ3n) is 4.53. The van der Waals surface area contributed by atoms with Crippen LogP contribution in [0.25, 0.3) is 0 Å². The molecular weight excluding hydrogens is 492 g/mol. The summed E-state index contributed by atoms with van der Waals surface area (Å²) in [7, 11) is 1.40. The molecule has 1 heterocycles. The number of nitrogens with zero attached hydrogens (tertiary/aromatic N) is 1. The zero-order chi connectivity index (χ0) is 28.8. The van der Waals surface area contributed by atoms with Gasteiger partial charge in [-0.15, -0.1) is 0 Å². The van der Waals surface area contributed by atoms with Crippen LogP contribution >= 0.6 is 0 Å². The number of aryl methyl sites for hydroxylation is 1. The molecule has 0 aliphatic carbocycles. The molecule has 1 atom stereocenters. The molecule has 0 saturated heterocycles. The molecule has 0 aliphatic rings. The van der Waals surface area contributed by atoms with Crippen molar-refractivity contribution in [1.29, 1.82) is 0 Å². The minimum Gasteiger partial charge on any atom is -0.493 e. The first-order valence-electron chi connectivity index (χ1n) is 12.5. The highest BCUT2D eigenvalue weighted by molar-refractivity contribution is 5.94. The van der Waals surface area contributed by atoms with Crippen LogP contribution in [-0.2, 0) is 23.8 Å². The number of hydrogen-bond acceptors (Lipinski definition) is 9. The number of nitrogens with two attached hydrogens (primary N) is 1. The molecule has 1 aromatic carbocycles. The van der Waals surface area contributed by atoms with Crippen molar-refractivity contribution in [2.24, 2.45) is 5.73 Å². The van der Waals surface area contributed by atoms with Gasteiger partial charge in [-0.2, -0.15) is 0 Å². The number of primary amides is 1. The fourth-order valence-corrected chi connectivity index (χ4v) is 2.65. The Balaban J connectivity index is 0. The minimum atomic E-state index is -0.762. The molecule has 2 aromatic rings. The third-order valence-corrected chi connectivity index (χ3v) is 4.53. The normalized spacial score (nSPS) is 10.5. The molecule has 1 amide bonds. The van der Waals surface area contributed by atoms with Gasteiger partial charge in [0, 0.05) is 40.1 Å². The summed E-state index contributed by atoms with van der Waals surface area (Å²) >= 11 is 0. The summed E-state index contributed by atoms with van der Waals surface area (Å²) in [6, 6.07) is 11.8. The number of carbonyl (C=O) groups is 3. The molecule has 2 N–H and O–H groups in total. The predicted molar refractivity (Wildman–Crippen MR) is 146 cm³/mol. The number of methoxy groups -OCH3 is 1. The van der Waals surface area contributed by atoms with E-state index in [9.17, 15) is 14.4 Å². The number of amides is 1. The van der Waals surface area contributed by atoms with Crippen LogP contribution in [0.5, 0.6) is 11.5 Å². The third kappa shape index (κ3) is 16.9. The average molecular weight is 537 g/mol. The Morgan fingerprint density at radius 1 is 1.05 bits per heavy atom. The number of carbonyl (C=O) groups excluding carboxylic acids is 3. The Morgan fingerprint density at radius 2 is 1.74 bits per heavy atom. The van der Waals surface area contributed by atoms with Crippen molar-refractivity contribution in [1.82, 2.24) is 4.98 Å². The smallest absolute Gasteiger partial charge is 0.306 e. The minimum absolute atomic E-state index is 0. The fraction of sp³-hybridized carbons (Fsp3) is 0.500. The van der Waals surface area contributed by atoms with Crippen molar-refractivity contribution >= 4 is 17.8 Å². The predicted octanol–water partition coefficient (Wildman–Crippen LogP) is 4.86. The van der Waals surface area contributed by atoms with E-state index in [1.165, 1.54) is 31.9 Å². The molecule has 0 spiro atoms. The van der Waals surface area contributed by atoms with Crippen molar-refractivity contribution in [3.63, 3.8) is 0 Å². The van der Waals surface area contributed by atoms with Gasteiger partial charge in [-0.25, -0.2) is 4.98 Å². The lowest BCUT2D eigenvalue weighted by atomic mass is 10.2. The fourth-order valence-electron chi connectivity index (χ4n) is 2.65. The number of rotatable bonds is 13. The van der Waals surface area contributed by atoms with Gasteiger partial charge in [-0.05, 0) is 26.7 Å². The number of esters is 2. The van der Waals surface area contributed by atoms with Gasteiger partial charge >= 0.3 is 11.9 Å². The lowest BCUT2D eigenvalue weighted by Gasteiger charge is -2.12. The molecule has 38 heavy (non-hydrogen) atoms. The maximum Gasteiger partial charge on any atom is 0.306 e. The van der Waals surface area contributed by atoms with Gasteiger partial charge in [0.1, 0.15) is 6.10 Å². The summed E-state index contributed by atoms with van der Waals surface area (Å²) in [5.74, 6) is -1.05. The van der Waals surface area contributed by atoms with Crippen molar-refractivity contribution in [3.8, 4) is 11.5 Å². The molecule has 2 rings (SSSR count). The highest BCUT2D eigenvalue weighted by atomic mass is 16.7. The number of ether oxygens (including phenoxy) is 5. The first-order chi connectivity index (χ1) is 18.2. The van der Waals surface area contributed by atoms with Gasteiger partial charge in [0.05, 0.1) is 13.7 Å². The van der Waals surface area contributed by atoms with E-state index in [1.54, 1.807) is 0 Å². The summed E-state index contributed by atoms with van der Waals surface area (Å²) in [5.41, 5.74) is 6.36. The number of pyridine rings is 1. The second-order valence-electron chi connectivity index (χ2n) is 8.06. The summed E-state index contributed by atoms with van der Waals surface area (Å²) in [4.78, 5) is 36.5. The van der Waals surface area contributed by atoms with Crippen molar-refractivity contribution in [3.05, 3.63) is 53.9 Å². The molecule has 214 valence electrons. The van der Waals surface area contributed by atoms with E-state index in [-0.39, 0.29) is 37.5 Å². The van der Waals surface area contributed by atoms with Crippen molar-refractivity contribution < 1.29 is 39.5 Å². The van der Waals surface area contributed by atoms with Crippen molar-refractivity contribution in [2.75, 3.05) is 27.1 Å². The van der Waals surface area contributed by atoms with E-state index in [4.69, 9.17) is 24.7 Å². The number of hydrogen-bond donors (Lipinski definition) is 1. The van der Waals surface area contributed by atoms with Gasteiger partial charge in [-0.3, -0.25) is 14.4 Å². The van der Waals surface area contributed by atoms with Crippen LogP contribution in [0.2, 0.25) is 0 Å². The maximum absolute atomic E-state index is 11.1. The van der Waals surface area contributed by atoms with E-state index in [2.05, 4.69) is 35.7 Å². The van der Waals surface area contributed by atoms with Gasteiger partial charge < -0.3 is 29.4 Å². The Kier molecular flexibility index (Phi) is 19.4. The van der Waals surface area contributed by atoms with Crippen LogP contribution < -0.4 is 15.2 Å². The Labute approximate surface area is 227 Å². The molecule has 0 saturated carbocycles. The zero-order valence-corrected chi connectivity index (χ0v) is 23.4. The van der Waals surface area contributed by atoms with E-state index in [1.807, 2.05) is 32.0 Å². The standard InChI is InChI=1S/C11H22O3.C10H12N2O5.C7H8.H2/c1-4-6-11(12)14-10(3)7-9-13-8-5-2;1-6(13)16-5-17-9-7(15-2)3-4-12-8(9)10(11)14;1-7-5-3-2-4-6-7;/h10H,4-9H2,1-3H3;3-4H,5H2,1-2H3,(H2,11,14);2-6H,1H3;1H/t10-;;;/m0.../s1. The SMILES string of the molecule is CCCOCC[C@H](C)OC(=O)CCC.COc1ccnc(C(N)=O)c1OCOC(C)=O.Cc1ccccc1.[HH]. The molecule has 0 fully saturated rings. The Bertz CT molecular complexity index is 944. The second-order valence-corrected chi connectivity index (χ2v) is 8.06. The molecule has 1 aromatic heterocycles. The first kappa shape index (κ1) is 34.3. The van der Waals surface area contributed by atoms with Crippen LogP contribution in [0.1, 0.15) is 70.9 Å². The summed E-state index contributed by atoms with van der Waals surface area (Å²) in [6.07, 6.45) is 4.51. The van der Waals surface area contributed by atoms with E-state index < -0.39 is 11.9 Å². The first-order valence-corrected chi connectivity index (χ1v) is 12.5. The lowest BCUT2D eigenvalue weighted by molar-refractivity contribution is -0.149. The van der Waals surface area contributed by atoms with E-state index >= 15 is 0 Å². The van der Waals surface area contributed by atoms with E-state index in [0.717, 1.165) is 25.9 Å². The zero-order valence-electron chi connectivity index (χ0n) is 23.4. The second kappa shape index (κ2) is 21.4. The Morgan fingerprint density at radius 3 is 2.24 bits per heavy atom. The summed E-state index contributed by atoms with van der Waals surface area (Å²) in [5, 5.41) is 0. The van der Waals surface area contributed by atoms with Gasteiger partial charge in [0.25, 0.3) is 5.91 Å². The molecule has 10 nitrogen and oxygen atoms in total. The van der Waals surface area contributed by atoms with Crippen LogP contribution in [0, 0.1) is 6.92 Å².